The lowest BCUT2D eigenvalue weighted by Crippen LogP contribution is -2.06. The number of benzene rings is 1. The van der Waals surface area contributed by atoms with Gasteiger partial charge in [-0.25, -0.2) is 4.57 Å². The van der Waals surface area contributed by atoms with Gasteiger partial charge >= 0.3 is 7.82 Å². The van der Waals surface area contributed by atoms with Crippen LogP contribution < -0.4 is 0 Å². The van der Waals surface area contributed by atoms with Crippen LogP contribution in [0.2, 0.25) is 0 Å². The molecular weight excluding hydrogens is 263 g/mol. The van der Waals surface area contributed by atoms with Gasteiger partial charge in [-0.1, -0.05) is 45.9 Å². The molecule has 0 unspecified atom stereocenters. The highest BCUT2D eigenvalue weighted by atomic mass is 31.2. The maximum absolute atomic E-state index is 10.8. The average molecular weight is 286 g/mol. The van der Waals surface area contributed by atoms with Gasteiger partial charge < -0.3 is 9.79 Å². The Morgan fingerprint density at radius 3 is 2.32 bits per heavy atom. The van der Waals surface area contributed by atoms with E-state index in [0.29, 0.717) is 11.8 Å². The van der Waals surface area contributed by atoms with Crippen LogP contribution in [-0.4, -0.2) is 9.79 Å². The molecule has 0 amide bonds. The molecule has 0 spiro atoms. The van der Waals surface area contributed by atoms with Gasteiger partial charge in [0.2, 0.25) is 0 Å². The first-order chi connectivity index (χ1) is 8.70. The summed E-state index contributed by atoms with van der Waals surface area (Å²) in [5.74, 6) is 0.859. The van der Waals surface area contributed by atoms with E-state index in [4.69, 9.17) is 9.79 Å². The normalized spacial score (nSPS) is 12.4. The van der Waals surface area contributed by atoms with Crippen molar-refractivity contribution in [3.63, 3.8) is 0 Å². The maximum atomic E-state index is 10.8. The molecule has 1 rings (SSSR count). The van der Waals surface area contributed by atoms with Crippen molar-refractivity contribution in [3.8, 4) is 0 Å². The second-order valence-corrected chi connectivity index (χ2v) is 6.74. The number of hydrogen-bond donors (Lipinski definition) is 2. The lowest BCUT2D eigenvalue weighted by Gasteiger charge is -2.19. The second kappa shape index (κ2) is 6.67. The second-order valence-electron chi connectivity index (χ2n) is 5.50. The molecule has 0 aliphatic carbocycles. The highest BCUT2D eigenvalue weighted by molar-refractivity contribution is 7.46. The fourth-order valence-electron chi connectivity index (χ4n) is 2.14. The third-order valence-corrected chi connectivity index (χ3v) is 3.40. The molecule has 1 aromatic carbocycles. The molecule has 5 heteroatoms. The van der Waals surface area contributed by atoms with E-state index in [-0.39, 0.29) is 6.61 Å². The molecule has 108 valence electrons. The Bertz CT molecular complexity index is 463. The van der Waals surface area contributed by atoms with E-state index in [1.165, 1.54) is 5.56 Å². The zero-order valence-corrected chi connectivity index (χ0v) is 12.9. The van der Waals surface area contributed by atoms with Gasteiger partial charge in [0, 0.05) is 0 Å². The highest BCUT2D eigenvalue weighted by Gasteiger charge is 2.17. The van der Waals surface area contributed by atoms with E-state index in [0.717, 1.165) is 17.5 Å². The van der Waals surface area contributed by atoms with Crippen LogP contribution in [0.4, 0.5) is 0 Å². The quantitative estimate of drug-likeness (QED) is 0.784. The topological polar surface area (TPSA) is 66.8 Å². The zero-order chi connectivity index (χ0) is 14.6. The monoisotopic (exact) mass is 286 g/mol. The van der Waals surface area contributed by atoms with Crippen molar-refractivity contribution < 1.29 is 18.9 Å². The van der Waals surface area contributed by atoms with Crippen molar-refractivity contribution in [2.24, 2.45) is 5.92 Å². The molecule has 19 heavy (non-hydrogen) atoms. The lowest BCUT2D eigenvalue weighted by atomic mass is 9.88. The Balaban J connectivity index is 3.08. The summed E-state index contributed by atoms with van der Waals surface area (Å²) in [7, 11) is -4.42. The first-order valence-electron chi connectivity index (χ1n) is 6.51. The molecule has 1 aromatic rings. The van der Waals surface area contributed by atoms with Crippen LogP contribution in [0.3, 0.4) is 0 Å². The first kappa shape index (κ1) is 16.4. The standard InChI is InChI=1S/C14H23O4P/c1-10(2)8-14-12(9-18-19(15,16)17)6-5-7-13(14)11(3)4/h5-7,10-11H,8-9H2,1-4H3,(H2,15,16,17). The van der Waals surface area contributed by atoms with Crippen molar-refractivity contribution in [3.05, 3.63) is 34.9 Å². The van der Waals surface area contributed by atoms with Crippen LogP contribution in [-0.2, 0) is 22.1 Å². The van der Waals surface area contributed by atoms with Crippen molar-refractivity contribution in [1.82, 2.24) is 0 Å². The SMILES string of the molecule is CC(C)Cc1c(COP(=O)(O)O)cccc1C(C)C. The van der Waals surface area contributed by atoms with E-state index >= 15 is 0 Å². The third kappa shape index (κ3) is 5.45. The van der Waals surface area contributed by atoms with Crippen LogP contribution in [0.15, 0.2) is 18.2 Å². The Hall–Kier alpha value is -0.670. The van der Waals surface area contributed by atoms with Gasteiger partial charge in [0.05, 0.1) is 6.61 Å². The van der Waals surface area contributed by atoms with Crippen LogP contribution in [0.5, 0.6) is 0 Å². The van der Waals surface area contributed by atoms with Crippen molar-refractivity contribution in [2.75, 3.05) is 0 Å². The summed E-state index contributed by atoms with van der Waals surface area (Å²) in [6.07, 6.45) is 0.883. The van der Waals surface area contributed by atoms with E-state index in [2.05, 4.69) is 38.3 Å². The smallest absolute Gasteiger partial charge is 0.303 e. The lowest BCUT2D eigenvalue weighted by molar-refractivity contribution is 0.188. The van der Waals surface area contributed by atoms with E-state index in [9.17, 15) is 4.57 Å². The van der Waals surface area contributed by atoms with Crippen LogP contribution in [0.25, 0.3) is 0 Å². The maximum Gasteiger partial charge on any atom is 0.469 e. The average Bonchev–Trinajstić information content (AvgIpc) is 2.25. The van der Waals surface area contributed by atoms with Gasteiger partial charge in [-0.15, -0.1) is 0 Å². The van der Waals surface area contributed by atoms with Gasteiger partial charge in [0.25, 0.3) is 0 Å². The molecule has 0 saturated heterocycles. The molecule has 0 bridgehead atoms. The third-order valence-electron chi connectivity index (χ3n) is 2.93. The molecule has 0 fully saturated rings. The Kier molecular flexibility index (Phi) is 5.75. The Morgan fingerprint density at radius 2 is 1.84 bits per heavy atom. The van der Waals surface area contributed by atoms with Crippen LogP contribution in [0, 0.1) is 5.92 Å². The van der Waals surface area contributed by atoms with Crippen molar-refractivity contribution in [2.45, 2.75) is 46.6 Å². The molecule has 0 aromatic heterocycles. The number of hydrogen-bond acceptors (Lipinski definition) is 2. The summed E-state index contributed by atoms with van der Waals surface area (Å²) < 4.78 is 15.5. The number of phosphoric ester groups is 1. The fourth-order valence-corrected chi connectivity index (χ4v) is 2.45. The minimum absolute atomic E-state index is 0.0487. The predicted octanol–water partition coefficient (Wildman–Crippen LogP) is 3.62. The molecule has 0 radical (unpaired) electrons. The summed E-state index contributed by atoms with van der Waals surface area (Å²) in [4.78, 5) is 17.6. The summed E-state index contributed by atoms with van der Waals surface area (Å²) in [6.45, 7) is 8.45. The minimum atomic E-state index is -4.42. The number of rotatable bonds is 6. The number of phosphoric acid groups is 1. The van der Waals surface area contributed by atoms with Crippen molar-refractivity contribution in [1.29, 1.82) is 0 Å². The molecule has 0 saturated carbocycles. The van der Waals surface area contributed by atoms with Gasteiger partial charge in [-0.3, -0.25) is 4.52 Å². The summed E-state index contributed by atoms with van der Waals surface area (Å²) in [5, 5.41) is 0. The van der Waals surface area contributed by atoms with E-state index in [1.807, 2.05) is 12.1 Å². The summed E-state index contributed by atoms with van der Waals surface area (Å²) >= 11 is 0. The molecule has 4 nitrogen and oxygen atoms in total. The first-order valence-corrected chi connectivity index (χ1v) is 8.04. The summed E-state index contributed by atoms with van der Waals surface area (Å²) in [6, 6.07) is 5.86. The van der Waals surface area contributed by atoms with E-state index < -0.39 is 7.82 Å². The minimum Gasteiger partial charge on any atom is -0.303 e. The van der Waals surface area contributed by atoms with Crippen LogP contribution >= 0.6 is 7.82 Å². The molecule has 0 aliphatic heterocycles. The largest absolute Gasteiger partial charge is 0.469 e. The summed E-state index contributed by atoms with van der Waals surface area (Å²) in [5.41, 5.74) is 3.24. The molecule has 2 N–H and O–H groups in total. The molecule has 0 aliphatic rings. The zero-order valence-electron chi connectivity index (χ0n) is 12.0. The molecule has 0 atom stereocenters. The molecule has 0 heterocycles. The fraction of sp³-hybridized carbons (Fsp3) is 0.571. The van der Waals surface area contributed by atoms with Gasteiger partial charge in [0.15, 0.2) is 0 Å². The molecular formula is C14H23O4P. The van der Waals surface area contributed by atoms with E-state index in [1.54, 1.807) is 0 Å². The highest BCUT2D eigenvalue weighted by Crippen LogP contribution is 2.38. The van der Waals surface area contributed by atoms with Gasteiger partial charge in [0.1, 0.15) is 0 Å². The Morgan fingerprint density at radius 1 is 1.21 bits per heavy atom. The Labute approximate surface area is 115 Å². The van der Waals surface area contributed by atoms with Gasteiger partial charge in [-0.2, -0.15) is 0 Å². The van der Waals surface area contributed by atoms with Crippen LogP contribution in [0.1, 0.15) is 50.3 Å². The predicted molar refractivity (Wildman–Crippen MR) is 75.9 cm³/mol. The van der Waals surface area contributed by atoms with Gasteiger partial charge in [-0.05, 0) is 34.9 Å². The van der Waals surface area contributed by atoms with Crippen molar-refractivity contribution >= 4 is 7.82 Å².